The van der Waals surface area contributed by atoms with E-state index in [0.29, 0.717) is 0 Å². The summed E-state index contributed by atoms with van der Waals surface area (Å²) in [6.45, 7) is 4.91. The van der Waals surface area contributed by atoms with Crippen LogP contribution in [0.15, 0.2) is 5.51 Å². The maximum atomic E-state index is 4.52. The minimum atomic E-state index is 0. The third-order valence-corrected chi connectivity index (χ3v) is 5.02. The van der Waals surface area contributed by atoms with Gasteiger partial charge in [0.2, 0.25) is 0 Å². The number of aromatic nitrogens is 1. The fourth-order valence-electron chi connectivity index (χ4n) is 3.38. The van der Waals surface area contributed by atoms with Crippen LogP contribution in [-0.2, 0) is 12.8 Å². The first-order valence-electron chi connectivity index (χ1n) is 6.53. The van der Waals surface area contributed by atoms with Crippen molar-refractivity contribution in [2.45, 2.75) is 45.1 Å². The SMILES string of the molecule is CCCN1CCC[C@@H]2Cc3ncsc3C[C@H]21.Cl. The zero-order chi connectivity index (χ0) is 11.0. The predicted octanol–water partition coefficient (Wildman–Crippen LogP) is 3.15. The number of halogens is 1. The molecule has 0 amide bonds. The van der Waals surface area contributed by atoms with E-state index in [-0.39, 0.29) is 12.4 Å². The van der Waals surface area contributed by atoms with Crippen LogP contribution < -0.4 is 0 Å². The summed E-state index contributed by atoms with van der Waals surface area (Å²) in [5.41, 5.74) is 3.44. The number of nitrogens with zero attached hydrogens (tertiary/aromatic N) is 2. The number of rotatable bonds is 2. The van der Waals surface area contributed by atoms with Gasteiger partial charge in [-0.15, -0.1) is 23.7 Å². The lowest BCUT2D eigenvalue weighted by Gasteiger charge is -2.43. The predicted molar refractivity (Wildman–Crippen MR) is 75.1 cm³/mol. The minimum Gasteiger partial charge on any atom is -0.300 e. The molecule has 3 rings (SSSR count). The summed E-state index contributed by atoms with van der Waals surface area (Å²) >= 11 is 1.86. The maximum Gasteiger partial charge on any atom is 0.0797 e. The number of hydrogen-bond donors (Lipinski definition) is 0. The summed E-state index contributed by atoms with van der Waals surface area (Å²) in [4.78, 5) is 8.81. The highest BCUT2D eigenvalue weighted by atomic mass is 35.5. The fourth-order valence-corrected chi connectivity index (χ4v) is 4.22. The molecule has 1 aromatic heterocycles. The van der Waals surface area contributed by atoms with Gasteiger partial charge in [0.05, 0.1) is 11.2 Å². The van der Waals surface area contributed by atoms with E-state index in [9.17, 15) is 0 Å². The Kier molecular flexibility index (Phi) is 4.45. The molecule has 2 aliphatic rings. The molecule has 0 unspecified atom stereocenters. The molecular weight excluding hydrogens is 252 g/mol. The van der Waals surface area contributed by atoms with Gasteiger partial charge in [-0.3, -0.25) is 4.90 Å². The van der Waals surface area contributed by atoms with E-state index in [1.165, 1.54) is 50.9 Å². The molecule has 96 valence electrons. The Morgan fingerprint density at radius 3 is 3.18 bits per heavy atom. The van der Waals surface area contributed by atoms with Crippen LogP contribution in [0.2, 0.25) is 0 Å². The molecule has 1 fully saturated rings. The largest absolute Gasteiger partial charge is 0.300 e. The Bertz CT molecular complexity index is 364. The normalized spacial score (nSPS) is 28.1. The van der Waals surface area contributed by atoms with E-state index in [4.69, 9.17) is 0 Å². The monoisotopic (exact) mass is 272 g/mol. The van der Waals surface area contributed by atoms with Gasteiger partial charge in [-0.1, -0.05) is 6.92 Å². The standard InChI is InChI=1S/C13H20N2S.ClH/c1-2-5-15-6-3-4-10-7-11-13(8-12(10)15)16-9-14-11;/h9-10,12H,2-8H2,1H3;1H/t10-,12-;/m1./s1. The molecule has 2 nitrogen and oxygen atoms in total. The molecule has 2 heterocycles. The van der Waals surface area contributed by atoms with Crippen molar-refractivity contribution in [3.8, 4) is 0 Å². The Morgan fingerprint density at radius 1 is 1.47 bits per heavy atom. The number of likely N-dealkylation sites (tertiary alicyclic amines) is 1. The molecule has 1 saturated heterocycles. The van der Waals surface area contributed by atoms with Crippen LogP contribution in [0.3, 0.4) is 0 Å². The number of piperidine rings is 1. The first-order chi connectivity index (χ1) is 7.88. The van der Waals surface area contributed by atoms with E-state index in [0.717, 1.165) is 12.0 Å². The second kappa shape index (κ2) is 5.68. The van der Waals surface area contributed by atoms with Crippen LogP contribution in [0.5, 0.6) is 0 Å². The van der Waals surface area contributed by atoms with Gasteiger partial charge in [0.1, 0.15) is 0 Å². The lowest BCUT2D eigenvalue weighted by Crippen LogP contribution is -2.49. The summed E-state index contributed by atoms with van der Waals surface area (Å²) in [6.07, 6.45) is 6.61. The van der Waals surface area contributed by atoms with E-state index in [1.807, 2.05) is 16.8 Å². The van der Waals surface area contributed by atoms with Gasteiger partial charge in [-0.25, -0.2) is 4.98 Å². The van der Waals surface area contributed by atoms with Crippen molar-refractivity contribution in [2.24, 2.45) is 5.92 Å². The van der Waals surface area contributed by atoms with Gasteiger partial charge in [0.25, 0.3) is 0 Å². The van der Waals surface area contributed by atoms with Crippen molar-refractivity contribution in [3.05, 3.63) is 16.1 Å². The van der Waals surface area contributed by atoms with Crippen molar-refractivity contribution < 1.29 is 0 Å². The molecule has 0 spiro atoms. The van der Waals surface area contributed by atoms with Gasteiger partial charge in [-0.2, -0.15) is 0 Å². The van der Waals surface area contributed by atoms with Crippen molar-refractivity contribution >= 4 is 23.7 Å². The first kappa shape index (κ1) is 13.3. The average molecular weight is 273 g/mol. The topological polar surface area (TPSA) is 16.1 Å². The molecule has 0 saturated carbocycles. The summed E-state index contributed by atoms with van der Waals surface area (Å²) in [5.74, 6) is 0.884. The molecule has 0 aromatic carbocycles. The highest BCUT2D eigenvalue weighted by Gasteiger charge is 2.35. The molecule has 1 aliphatic carbocycles. The Hall–Kier alpha value is -0.120. The van der Waals surface area contributed by atoms with Gasteiger partial charge in [0.15, 0.2) is 0 Å². The number of thiazole rings is 1. The van der Waals surface area contributed by atoms with Crippen LogP contribution in [0.1, 0.15) is 36.8 Å². The van der Waals surface area contributed by atoms with Crippen LogP contribution >= 0.6 is 23.7 Å². The molecule has 0 N–H and O–H groups in total. The van der Waals surface area contributed by atoms with Crippen LogP contribution in [-0.4, -0.2) is 29.0 Å². The van der Waals surface area contributed by atoms with Crippen molar-refractivity contribution in [3.63, 3.8) is 0 Å². The van der Waals surface area contributed by atoms with Gasteiger partial charge in [-0.05, 0) is 51.1 Å². The molecule has 0 bridgehead atoms. The fraction of sp³-hybridized carbons (Fsp3) is 0.769. The first-order valence-corrected chi connectivity index (χ1v) is 7.41. The Labute approximate surface area is 114 Å². The van der Waals surface area contributed by atoms with Crippen LogP contribution in [0.4, 0.5) is 0 Å². The van der Waals surface area contributed by atoms with Gasteiger partial charge < -0.3 is 0 Å². The quantitative estimate of drug-likeness (QED) is 0.822. The summed E-state index contributed by atoms with van der Waals surface area (Å²) in [6, 6.07) is 0.821. The smallest absolute Gasteiger partial charge is 0.0797 e. The molecule has 2 atom stereocenters. The Morgan fingerprint density at radius 2 is 2.35 bits per heavy atom. The average Bonchev–Trinajstić information content (AvgIpc) is 2.74. The highest BCUT2D eigenvalue weighted by molar-refractivity contribution is 7.09. The van der Waals surface area contributed by atoms with E-state index in [2.05, 4.69) is 16.8 Å². The third kappa shape index (κ3) is 2.51. The van der Waals surface area contributed by atoms with Crippen molar-refractivity contribution in [1.82, 2.24) is 9.88 Å². The summed E-state index contributed by atoms with van der Waals surface area (Å²) < 4.78 is 0. The molecule has 0 radical (unpaired) electrons. The summed E-state index contributed by atoms with van der Waals surface area (Å²) in [7, 11) is 0. The number of hydrogen-bond acceptors (Lipinski definition) is 3. The van der Waals surface area contributed by atoms with Gasteiger partial charge >= 0.3 is 0 Å². The van der Waals surface area contributed by atoms with E-state index in [1.54, 1.807) is 4.88 Å². The maximum absolute atomic E-state index is 4.52. The second-order valence-corrected chi connectivity index (χ2v) is 6.08. The van der Waals surface area contributed by atoms with Gasteiger partial charge in [0, 0.05) is 10.9 Å². The zero-order valence-electron chi connectivity index (χ0n) is 10.4. The molecular formula is C13H21ClN2S. The molecule has 1 aliphatic heterocycles. The highest BCUT2D eigenvalue weighted by Crippen LogP contribution is 2.35. The second-order valence-electron chi connectivity index (χ2n) is 5.14. The molecule has 1 aromatic rings. The van der Waals surface area contributed by atoms with Crippen molar-refractivity contribution in [1.29, 1.82) is 0 Å². The van der Waals surface area contributed by atoms with E-state index < -0.39 is 0 Å². The Balaban J connectivity index is 0.00000108. The van der Waals surface area contributed by atoms with Crippen LogP contribution in [0.25, 0.3) is 0 Å². The zero-order valence-corrected chi connectivity index (χ0v) is 12.0. The van der Waals surface area contributed by atoms with Crippen molar-refractivity contribution in [2.75, 3.05) is 13.1 Å². The summed E-state index contributed by atoms with van der Waals surface area (Å²) in [5, 5.41) is 0. The van der Waals surface area contributed by atoms with Crippen LogP contribution in [0, 0.1) is 5.92 Å². The molecule has 17 heavy (non-hydrogen) atoms. The third-order valence-electron chi connectivity index (χ3n) is 4.12. The lowest BCUT2D eigenvalue weighted by molar-refractivity contribution is 0.0857. The lowest BCUT2D eigenvalue weighted by atomic mass is 9.79. The number of fused-ring (bicyclic) bond motifs is 2. The minimum absolute atomic E-state index is 0. The van der Waals surface area contributed by atoms with E-state index >= 15 is 0 Å². The molecule has 4 heteroatoms.